The van der Waals surface area contributed by atoms with Gasteiger partial charge in [-0.15, -0.1) is 5.10 Å². The van der Waals surface area contributed by atoms with Crippen LogP contribution in [0.2, 0.25) is 0 Å². The van der Waals surface area contributed by atoms with Gasteiger partial charge in [-0.05, 0) is 29.7 Å². The summed E-state index contributed by atoms with van der Waals surface area (Å²) in [6.07, 6.45) is 0.929. The summed E-state index contributed by atoms with van der Waals surface area (Å²) in [6.45, 7) is 2.27. The lowest BCUT2D eigenvalue weighted by Crippen LogP contribution is -2.25. The molecule has 2 aromatic carbocycles. The number of benzene rings is 2. The van der Waals surface area contributed by atoms with Crippen LogP contribution in [0.25, 0.3) is 0 Å². The molecule has 0 spiro atoms. The molecular weight excluding hydrogens is 356 g/mol. The van der Waals surface area contributed by atoms with Crippen LogP contribution in [0.15, 0.2) is 54.6 Å². The maximum absolute atomic E-state index is 12.3. The minimum Gasteiger partial charge on any atom is -0.382 e. The number of rotatable bonds is 7. The number of nitrogen functional groups attached to an aromatic ring is 1. The average molecular weight is 378 g/mol. The molecule has 0 aliphatic carbocycles. The second-order valence-electron chi connectivity index (χ2n) is 6.25. The minimum absolute atomic E-state index is 0.00368. The van der Waals surface area contributed by atoms with Crippen molar-refractivity contribution in [3.63, 3.8) is 0 Å². The van der Waals surface area contributed by atoms with E-state index in [1.807, 2.05) is 54.6 Å². The van der Waals surface area contributed by atoms with Gasteiger partial charge in [0, 0.05) is 12.2 Å². The van der Waals surface area contributed by atoms with Crippen LogP contribution in [0.4, 0.5) is 11.5 Å². The number of amides is 2. The molecule has 3 aromatic rings. The number of hydrogen-bond donors (Lipinski definition) is 3. The first-order valence-corrected chi connectivity index (χ1v) is 8.96. The second-order valence-corrected chi connectivity index (χ2v) is 6.25. The van der Waals surface area contributed by atoms with Crippen molar-refractivity contribution in [1.29, 1.82) is 0 Å². The van der Waals surface area contributed by atoms with Crippen LogP contribution >= 0.6 is 0 Å². The number of hydrogen-bond acceptors (Lipinski definition) is 5. The molecule has 0 unspecified atom stereocenters. The predicted molar refractivity (Wildman–Crippen MR) is 106 cm³/mol. The first kappa shape index (κ1) is 19.1. The summed E-state index contributed by atoms with van der Waals surface area (Å²) in [5.74, 6) is -0.706. The lowest BCUT2D eigenvalue weighted by Gasteiger charge is -2.07. The van der Waals surface area contributed by atoms with Gasteiger partial charge in [-0.25, -0.2) is 4.68 Å². The molecule has 0 aliphatic rings. The standard InChI is InChI=1S/C20H22N6O2/c1-2-14-8-10-16(11-9-14)23-17(27)13-26-19(21)18(24-25-26)20(28)22-12-15-6-4-3-5-7-15/h3-11H,2,12-13,21H2,1H3,(H,22,28)(H,23,27). The zero-order valence-corrected chi connectivity index (χ0v) is 15.6. The van der Waals surface area contributed by atoms with Crippen LogP contribution in [-0.4, -0.2) is 26.8 Å². The maximum Gasteiger partial charge on any atom is 0.275 e. The van der Waals surface area contributed by atoms with E-state index in [-0.39, 0.29) is 24.0 Å². The molecule has 8 nitrogen and oxygen atoms in total. The van der Waals surface area contributed by atoms with E-state index < -0.39 is 5.91 Å². The molecule has 0 fully saturated rings. The van der Waals surface area contributed by atoms with E-state index in [0.29, 0.717) is 12.2 Å². The summed E-state index contributed by atoms with van der Waals surface area (Å²) in [4.78, 5) is 24.5. The van der Waals surface area contributed by atoms with Gasteiger partial charge in [0.05, 0.1) is 0 Å². The average Bonchev–Trinajstić information content (AvgIpc) is 3.07. The molecule has 1 heterocycles. The highest BCUT2D eigenvalue weighted by molar-refractivity contribution is 5.96. The molecule has 2 amide bonds. The summed E-state index contributed by atoms with van der Waals surface area (Å²) in [5.41, 5.74) is 8.77. The van der Waals surface area contributed by atoms with Crippen molar-refractivity contribution in [2.24, 2.45) is 0 Å². The molecule has 0 saturated heterocycles. The summed E-state index contributed by atoms with van der Waals surface area (Å²) in [6, 6.07) is 17.1. The largest absolute Gasteiger partial charge is 0.382 e. The third kappa shape index (κ3) is 4.73. The quantitative estimate of drug-likeness (QED) is 0.582. The third-order valence-electron chi connectivity index (χ3n) is 4.22. The van der Waals surface area contributed by atoms with E-state index in [2.05, 4.69) is 27.9 Å². The Morgan fingerprint density at radius 2 is 1.75 bits per heavy atom. The van der Waals surface area contributed by atoms with E-state index in [9.17, 15) is 9.59 Å². The van der Waals surface area contributed by atoms with Crippen LogP contribution in [0.5, 0.6) is 0 Å². The summed E-state index contributed by atoms with van der Waals surface area (Å²) in [5, 5.41) is 13.1. The molecule has 8 heteroatoms. The number of nitrogens with two attached hydrogens (primary N) is 1. The third-order valence-corrected chi connectivity index (χ3v) is 4.22. The van der Waals surface area contributed by atoms with Crippen molar-refractivity contribution < 1.29 is 9.59 Å². The fourth-order valence-corrected chi connectivity index (χ4v) is 2.62. The number of aromatic nitrogens is 3. The Hall–Kier alpha value is -3.68. The number of nitrogens with one attached hydrogen (secondary N) is 2. The van der Waals surface area contributed by atoms with Gasteiger partial charge >= 0.3 is 0 Å². The summed E-state index contributed by atoms with van der Waals surface area (Å²) >= 11 is 0. The number of carbonyl (C=O) groups is 2. The Morgan fingerprint density at radius 1 is 1.04 bits per heavy atom. The lowest BCUT2D eigenvalue weighted by atomic mass is 10.1. The Kier molecular flexibility index (Phi) is 6.01. The lowest BCUT2D eigenvalue weighted by molar-refractivity contribution is -0.116. The fourth-order valence-electron chi connectivity index (χ4n) is 2.62. The molecule has 3 rings (SSSR count). The molecule has 1 aromatic heterocycles. The molecule has 28 heavy (non-hydrogen) atoms. The summed E-state index contributed by atoms with van der Waals surface area (Å²) in [7, 11) is 0. The van der Waals surface area contributed by atoms with Crippen molar-refractivity contribution in [3.05, 3.63) is 71.4 Å². The SMILES string of the molecule is CCc1ccc(NC(=O)Cn2nnc(C(=O)NCc3ccccc3)c2N)cc1. The molecule has 0 aliphatic heterocycles. The van der Waals surface area contributed by atoms with Crippen molar-refractivity contribution in [2.45, 2.75) is 26.4 Å². The Balaban J connectivity index is 1.58. The monoisotopic (exact) mass is 378 g/mol. The first-order chi connectivity index (χ1) is 13.6. The molecule has 0 bridgehead atoms. The van der Waals surface area contributed by atoms with Gasteiger partial charge in [-0.1, -0.05) is 54.6 Å². The van der Waals surface area contributed by atoms with Crippen LogP contribution in [-0.2, 0) is 24.3 Å². The maximum atomic E-state index is 12.3. The van der Waals surface area contributed by atoms with E-state index in [1.54, 1.807) is 0 Å². The van der Waals surface area contributed by atoms with Crippen molar-refractivity contribution in [3.8, 4) is 0 Å². The van der Waals surface area contributed by atoms with Gasteiger partial charge in [-0.2, -0.15) is 0 Å². The smallest absolute Gasteiger partial charge is 0.275 e. The zero-order chi connectivity index (χ0) is 19.9. The van der Waals surface area contributed by atoms with Gasteiger partial charge in [0.1, 0.15) is 6.54 Å². The molecule has 0 atom stereocenters. The Bertz CT molecular complexity index is 951. The van der Waals surface area contributed by atoms with Gasteiger partial charge in [0.2, 0.25) is 5.91 Å². The molecule has 144 valence electrons. The van der Waals surface area contributed by atoms with Crippen LogP contribution < -0.4 is 16.4 Å². The van der Waals surface area contributed by atoms with Crippen LogP contribution in [0, 0.1) is 0 Å². The zero-order valence-electron chi connectivity index (χ0n) is 15.6. The number of nitrogens with zero attached hydrogens (tertiary/aromatic N) is 3. The number of anilines is 2. The molecule has 0 radical (unpaired) electrons. The second kappa shape index (κ2) is 8.81. The Morgan fingerprint density at radius 3 is 2.43 bits per heavy atom. The highest BCUT2D eigenvalue weighted by Crippen LogP contribution is 2.12. The highest BCUT2D eigenvalue weighted by atomic mass is 16.2. The normalized spacial score (nSPS) is 10.5. The van der Waals surface area contributed by atoms with Crippen LogP contribution in [0.1, 0.15) is 28.5 Å². The Labute approximate surface area is 162 Å². The molecule has 0 saturated carbocycles. The van der Waals surface area contributed by atoms with Crippen molar-refractivity contribution in [2.75, 3.05) is 11.1 Å². The van der Waals surface area contributed by atoms with E-state index in [4.69, 9.17) is 5.73 Å². The van der Waals surface area contributed by atoms with E-state index in [1.165, 1.54) is 10.2 Å². The van der Waals surface area contributed by atoms with Gasteiger partial charge in [-0.3, -0.25) is 9.59 Å². The fraction of sp³-hybridized carbons (Fsp3) is 0.200. The van der Waals surface area contributed by atoms with Gasteiger partial charge in [0.15, 0.2) is 11.5 Å². The van der Waals surface area contributed by atoms with Gasteiger partial charge < -0.3 is 16.4 Å². The van der Waals surface area contributed by atoms with Crippen LogP contribution in [0.3, 0.4) is 0 Å². The topological polar surface area (TPSA) is 115 Å². The number of aryl methyl sites for hydroxylation is 1. The number of carbonyl (C=O) groups excluding carboxylic acids is 2. The summed E-state index contributed by atoms with van der Waals surface area (Å²) < 4.78 is 1.20. The predicted octanol–water partition coefficient (Wildman–Crippen LogP) is 1.99. The van der Waals surface area contributed by atoms with Gasteiger partial charge in [0.25, 0.3) is 5.91 Å². The first-order valence-electron chi connectivity index (χ1n) is 8.96. The minimum atomic E-state index is -0.442. The van der Waals surface area contributed by atoms with Crippen molar-refractivity contribution >= 4 is 23.3 Å². The highest BCUT2D eigenvalue weighted by Gasteiger charge is 2.18. The van der Waals surface area contributed by atoms with Crippen molar-refractivity contribution in [1.82, 2.24) is 20.3 Å². The molecule has 4 N–H and O–H groups in total. The van der Waals surface area contributed by atoms with E-state index in [0.717, 1.165) is 12.0 Å². The van der Waals surface area contributed by atoms with E-state index >= 15 is 0 Å². The molecular formula is C20H22N6O2.